The molecule has 25 heavy (non-hydrogen) atoms. The van der Waals surface area contributed by atoms with Crippen LogP contribution in [0.2, 0.25) is 0 Å². The van der Waals surface area contributed by atoms with Crippen molar-refractivity contribution in [2.75, 3.05) is 32.8 Å². The number of ether oxygens (including phenoxy) is 2. The number of rotatable bonds is 4. The molecular formula is C20H28N2O3. The first-order chi connectivity index (χ1) is 12.2. The SMILES string of the molecule is C[C@H]1[C@@H](N2CCCC2)CCN1C(=O)CCc1ccc2c(c1)OCCO2. The molecule has 0 N–H and O–H groups in total. The minimum Gasteiger partial charge on any atom is -0.486 e. The van der Waals surface area contributed by atoms with Crippen LogP contribution >= 0.6 is 0 Å². The second kappa shape index (κ2) is 7.24. The standard InChI is InChI=1S/C20H28N2O3/c1-15-17(21-9-2-3-10-21)8-11-22(15)20(23)7-5-16-4-6-18-19(14-16)25-13-12-24-18/h4,6,14-15,17H,2-3,5,7-13H2,1H3/t15-,17-/m0/s1. The Bertz CT molecular complexity index is 627. The van der Waals surface area contributed by atoms with Crippen molar-refractivity contribution in [3.63, 3.8) is 0 Å². The van der Waals surface area contributed by atoms with Gasteiger partial charge in [0.15, 0.2) is 11.5 Å². The van der Waals surface area contributed by atoms with Crippen molar-refractivity contribution < 1.29 is 14.3 Å². The van der Waals surface area contributed by atoms with Crippen LogP contribution in [0.25, 0.3) is 0 Å². The molecule has 0 aliphatic carbocycles. The second-order valence-electron chi connectivity index (χ2n) is 7.40. The zero-order chi connectivity index (χ0) is 17.2. The Morgan fingerprint density at radius 2 is 1.88 bits per heavy atom. The Kier molecular flexibility index (Phi) is 4.84. The van der Waals surface area contributed by atoms with E-state index in [2.05, 4.69) is 16.7 Å². The van der Waals surface area contributed by atoms with Gasteiger partial charge in [-0.15, -0.1) is 0 Å². The number of hydrogen-bond acceptors (Lipinski definition) is 4. The normalized spacial score (nSPS) is 26.2. The van der Waals surface area contributed by atoms with Crippen molar-refractivity contribution in [1.82, 2.24) is 9.80 Å². The molecule has 136 valence electrons. The number of benzene rings is 1. The third-order valence-corrected chi connectivity index (χ3v) is 5.88. The smallest absolute Gasteiger partial charge is 0.223 e. The van der Waals surface area contributed by atoms with Crippen molar-refractivity contribution in [3.05, 3.63) is 23.8 Å². The molecule has 2 fully saturated rings. The van der Waals surface area contributed by atoms with Gasteiger partial charge >= 0.3 is 0 Å². The highest BCUT2D eigenvalue weighted by molar-refractivity contribution is 5.77. The number of nitrogens with zero attached hydrogens (tertiary/aromatic N) is 2. The third-order valence-electron chi connectivity index (χ3n) is 5.88. The van der Waals surface area contributed by atoms with E-state index >= 15 is 0 Å². The molecule has 0 saturated carbocycles. The summed E-state index contributed by atoms with van der Waals surface area (Å²) in [6, 6.07) is 6.91. The van der Waals surface area contributed by atoms with Crippen molar-refractivity contribution in [1.29, 1.82) is 0 Å². The van der Waals surface area contributed by atoms with E-state index in [1.165, 1.54) is 25.9 Å². The van der Waals surface area contributed by atoms with E-state index in [0.717, 1.165) is 36.4 Å². The van der Waals surface area contributed by atoms with E-state index in [0.29, 0.717) is 31.7 Å². The lowest BCUT2D eigenvalue weighted by Gasteiger charge is -2.30. The lowest BCUT2D eigenvalue weighted by atomic mass is 10.1. The van der Waals surface area contributed by atoms with Crippen molar-refractivity contribution in [2.24, 2.45) is 0 Å². The molecule has 3 heterocycles. The molecule has 5 nitrogen and oxygen atoms in total. The van der Waals surface area contributed by atoms with Crippen LogP contribution in [-0.4, -0.2) is 60.6 Å². The van der Waals surface area contributed by atoms with Gasteiger partial charge in [-0.2, -0.15) is 0 Å². The van der Waals surface area contributed by atoms with Crippen LogP contribution in [-0.2, 0) is 11.2 Å². The monoisotopic (exact) mass is 344 g/mol. The molecule has 0 unspecified atom stereocenters. The minimum atomic E-state index is 0.282. The maximum absolute atomic E-state index is 12.7. The molecule has 3 aliphatic heterocycles. The van der Waals surface area contributed by atoms with Crippen LogP contribution in [0.4, 0.5) is 0 Å². The second-order valence-corrected chi connectivity index (χ2v) is 7.40. The van der Waals surface area contributed by atoms with Crippen LogP contribution in [0.3, 0.4) is 0 Å². The van der Waals surface area contributed by atoms with Gasteiger partial charge in [0.1, 0.15) is 13.2 Å². The molecule has 0 aromatic heterocycles. The average Bonchev–Trinajstić information content (AvgIpc) is 3.29. The molecular weight excluding hydrogens is 316 g/mol. The average molecular weight is 344 g/mol. The maximum Gasteiger partial charge on any atom is 0.223 e. The van der Waals surface area contributed by atoms with E-state index in [9.17, 15) is 4.79 Å². The summed E-state index contributed by atoms with van der Waals surface area (Å²) in [6.07, 6.45) is 5.06. The van der Waals surface area contributed by atoms with E-state index in [1.807, 2.05) is 18.2 Å². The first kappa shape index (κ1) is 16.7. The Labute approximate surface area is 149 Å². The fourth-order valence-corrected chi connectivity index (χ4v) is 4.47. The number of carbonyl (C=O) groups excluding carboxylic acids is 1. The number of hydrogen-bond donors (Lipinski definition) is 0. The van der Waals surface area contributed by atoms with Crippen molar-refractivity contribution in [2.45, 2.75) is 51.1 Å². The third kappa shape index (κ3) is 3.47. The first-order valence-corrected chi connectivity index (χ1v) is 9.64. The number of likely N-dealkylation sites (tertiary alicyclic amines) is 2. The van der Waals surface area contributed by atoms with Crippen LogP contribution in [0.1, 0.15) is 38.2 Å². The molecule has 2 saturated heterocycles. The summed E-state index contributed by atoms with van der Waals surface area (Å²) in [7, 11) is 0. The summed E-state index contributed by atoms with van der Waals surface area (Å²) in [5.41, 5.74) is 1.14. The summed E-state index contributed by atoms with van der Waals surface area (Å²) in [6.45, 7) is 6.73. The first-order valence-electron chi connectivity index (χ1n) is 9.64. The predicted molar refractivity (Wildman–Crippen MR) is 96.1 cm³/mol. The zero-order valence-electron chi connectivity index (χ0n) is 15.1. The number of amides is 1. The van der Waals surface area contributed by atoms with Crippen LogP contribution in [0, 0.1) is 0 Å². The quantitative estimate of drug-likeness (QED) is 0.841. The van der Waals surface area contributed by atoms with Gasteiger partial charge < -0.3 is 14.4 Å². The molecule has 1 aromatic rings. The largest absolute Gasteiger partial charge is 0.486 e. The fraction of sp³-hybridized carbons (Fsp3) is 0.650. The highest BCUT2D eigenvalue weighted by atomic mass is 16.6. The molecule has 4 rings (SSSR count). The van der Waals surface area contributed by atoms with Gasteiger partial charge in [-0.05, 0) is 63.4 Å². The van der Waals surface area contributed by atoms with Crippen LogP contribution in [0.15, 0.2) is 18.2 Å². The predicted octanol–water partition coefficient (Wildman–Crippen LogP) is 2.48. The van der Waals surface area contributed by atoms with E-state index in [-0.39, 0.29) is 5.91 Å². The van der Waals surface area contributed by atoms with Gasteiger partial charge in [0.2, 0.25) is 5.91 Å². The van der Waals surface area contributed by atoms with Gasteiger partial charge in [-0.1, -0.05) is 6.07 Å². The van der Waals surface area contributed by atoms with Crippen LogP contribution < -0.4 is 9.47 Å². The lowest BCUT2D eigenvalue weighted by molar-refractivity contribution is -0.132. The van der Waals surface area contributed by atoms with E-state index in [1.54, 1.807) is 0 Å². The van der Waals surface area contributed by atoms with E-state index in [4.69, 9.17) is 9.47 Å². The van der Waals surface area contributed by atoms with E-state index < -0.39 is 0 Å². The summed E-state index contributed by atoms with van der Waals surface area (Å²) >= 11 is 0. The van der Waals surface area contributed by atoms with Gasteiger partial charge in [0, 0.05) is 25.0 Å². The van der Waals surface area contributed by atoms with Crippen molar-refractivity contribution in [3.8, 4) is 11.5 Å². The summed E-state index contributed by atoms with van der Waals surface area (Å²) in [5.74, 6) is 1.90. The van der Waals surface area contributed by atoms with Gasteiger partial charge in [0.05, 0.1) is 0 Å². The molecule has 0 bridgehead atoms. The number of aryl methyl sites for hydroxylation is 1. The molecule has 0 radical (unpaired) electrons. The highest BCUT2D eigenvalue weighted by Crippen LogP contribution is 2.31. The van der Waals surface area contributed by atoms with Gasteiger partial charge in [-0.3, -0.25) is 9.69 Å². The molecule has 5 heteroatoms. The van der Waals surface area contributed by atoms with Crippen LogP contribution in [0.5, 0.6) is 11.5 Å². The van der Waals surface area contributed by atoms with Gasteiger partial charge in [0.25, 0.3) is 0 Å². The molecule has 1 aromatic carbocycles. The minimum absolute atomic E-state index is 0.282. The Balaban J connectivity index is 1.33. The summed E-state index contributed by atoms with van der Waals surface area (Å²) in [5, 5.41) is 0. The molecule has 0 spiro atoms. The molecule has 2 atom stereocenters. The number of carbonyl (C=O) groups is 1. The lowest BCUT2D eigenvalue weighted by Crippen LogP contribution is -2.44. The Morgan fingerprint density at radius 3 is 2.68 bits per heavy atom. The van der Waals surface area contributed by atoms with Crippen molar-refractivity contribution >= 4 is 5.91 Å². The zero-order valence-corrected chi connectivity index (χ0v) is 15.1. The Morgan fingerprint density at radius 1 is 1.12 bits per heavy atom. The highest BCUT2D eigenvalue weighted by Gasteiger charge is 2.37. The fourth-order valence-electron chi connectivity index (χ4n) is 4.47. The summed E-state index contributed by atoms with van der Waals surface area (Å²) < 4.78 is 11.2. The molecule has 1 amide bonds. The van der Waals surface area contributed by atoms with Gasteiger partial charge in [-0.25, -0.2) is 0 Å². The summed E-state index contributed by atoms with van der Waals surface area (Å²) in [4.78, 5) is 17.4. The Hall–Kier alpha value is -1.75. The number of fused-ring (bicyclic) bond motifs is 1. The molecule has 3 aliphatic rings. The maximum atomic E-state index is 12.7. The topological polar surface area (TPSA) is 42.0 Å².